The third kappa shape index (κ3) is 3.21. The van der Waals surface area contributed by atoms with Crippen molar-refractivity contribution >= 4 is 29.0 Å². The van der Waals surface area contributed by atoms with Crippen molar-refractivity contribution < 1.29 is 9.18 Å². The first-order chi connectivity index (χ1) is 9.61. The van der Waals surface area contributed by atoms with Crippen LogP contribution in [0.15, 0.2) is 30.7 Å². The molecule has 2 aromatic rings. The highest BCUT2D eigenvalue weighted by molar-refractivity contribution is 6.34. The monoisotopic (exact) mass is 294 g/mol. The first-order valence-electron chi connectivity index (χ1n) is 5.92. The maximum absolute atomic E-state index is 13.4. The van der Waals surface area contributed by atoms with Crippen LogP contribution in [0.2, 0.25) is 5.02 Å². The molecule has 0 aliphatic heterocycles. The number of nitrogens with zero attached hydrogens (tertiary/aromatic N) is 2. The van der Waals surface area contributed by atoms with E-state index in [0.29, 0.717) is 12.4 Å². The van der Waals surface area contributed by atoms with Gasteiger partial charge < -0.3 is 10.6 Å². The van der Waals surface area contributed by atoms with Gasteiger partial charge in [0, 0.05) is 18.9 Å². The largest absolute Gasteiger partial charge is 0.370 e. The van der Waals surface area contributed by atoms with Crippen molar-refractivity contribution in [3.8, 4) is 0 Å². The van der Waals surface area contributed by atoms with Crippen LogP contribution in [0, 0.1) is 5.82 Å². The molecule has 7 heteroatoms. The van der Waals surface area contributed by atoms with E-state index in [9.17, 15) is 9.18 Å². The van der Waals surface area contributed by atoms with E-state index in [2.05, 4.69) is 20.6 Å². The zero-order valence-corrected chi connectivity index (χ0v) is 11.4. The zero-order chi connectivity index (χ0) is 14.5. The van der Waals surface area contributed by atoms with Crippen molar-refractivity contribution in [2.45, 2.75) is 6.92 Å². The van der Waals surface area contributed by atoms with E-state index in [1.165, 1.54) is 24.5 Å². The average molecular weight is 295 g/mol. The highest BCUT2D eigenvalue weighted by Crippen LogP contribution is 2.20. The lowest BCUT2D eigenvalue weighted by atomic mass is 10.2. The fourth-order valence-corrected chi connectivity index (χ4v) is 1.75. The summed E-state index contributed by atoms with van der Waals surface area (Å²) in [6.45, 7) is 2.57. The molecule has 2 rings (SSSR count). The van der Waals surface area contributed by atoms with Gasteiger partial charge in [0.2, 0.25) is 0 Å². The summed E-state index contributed by atoms with van der Waals surface area (Å²) in [5.41, 5.74) is 0.261. The van der Waals surface area contributed by atoms with Gasteiger partial charge in [-0.15, -0.1) is 0 Å². The van der Waals surface area contributed by atoms with E-state index in [0.717, 1.165) is 6.20 Å². The van der Waals surface area contributed by atoms with Gasteiger partial charge in [-0.1, -0.05) is 11.6 Å². The minimum atomic E-state index is -0.613. The number of hydrogen-bond donors (Lipinski definition) is 2. The van der Waals surface area contributed by atoms with Crippen LogP contribution in [-0.4, -0.2) is 22.4 Å². The molecule has 0 saturated carbocycles. The van der Waals surface area contributed by atoms with Crippen molar-refractivity contribution in [2.75, 3.05) is 17.2 Å². The lowest BCUT2D eigenvalue weighted by Crippen LogP contribution is -2.14. The number of carbonyl (C=O) groups is 1. The standard InChI is InChI=1S/C13H12ClFN4O/c1-2-17-12-5-8(9(14)6-18-12)13(20)19-11-3-4-16-7-10(11)15/h3-7H,2H2,1H3,(H,17,18)(H,16,19,20). The number of halogens is 2. The molecule has 0 unspecified atom stereocenters. The van der Waals surface area contributed by atoms with E-state index in [4.69, 9.17) is 11.6 Å². The Balaban J connectivity index is 2.25. The van der Waals surface area contributed by atoms with E-state index in [1.54, 1.807) is 0 Å². The van der Waals surface area contributed by atoms with Crippen molar-refractivity contribution in [3.63, 3.8) is 0 Å². The second-order valence-corrected chi connectivity index (χ2v) is 4.30. The smallest absolute Gasteiger partial charge is 0.257 e. The molecule has 0 fully saturated rings. The summed E-state index contributed by atoms with van der Waals surface area (Å²) in [6, 6.07) is 2.88. The van der Waals surface area contributed by atoms with Gasteiger partial charge in [-0.2, -0.15) is 0 Å². The summed E-state index contributed by atoms with van der Waals surface area (Å²) >= 11 is 5.94. The number of hydrogen-bond acceptors (Lipinski definition) is 4. The molecule has 2 aromatic heterocycles. The second kappa shape index (κ2) is 6.29. The maximum Gasteiger partial charge on any atom is 0.257 e. The van der Waals surface area contributed by atoms with Gasteiger partial charge in [0.25, 0.3) is 5.91 Å². The van der Waals surface area contributed by atoms with Gasteiger partial charge in [0.05, 0.1) is 22.5 Å². The lowest BCUT2D eigenvalue weighted by Gasteiger charge is -2.09. The highest BCUT2D eigenvalue weighted by atomic mass is 35.5. The lowest BCUT2D eigenvalue weighted by molar-refractivity contribution is 0.102. The third-order valence-electron chi connectivity index (χ3n) is 2.48. The Kier molecular flexibility index (Phi) is 4.47. The summed E-state index contributed by atoms with van der Waals surface area (Å²) in [5.74, 6) is -0.600. The van der Waals surface area contributed by atoms with Crippen molar-refractivity contribution in [1.82, 2.24) is 9.97 Å². The first kappa shape index (κ1) is 14.2. The number of rotatable bonds is 4. The summed E-state index contributed by atoms with van der Waals surface area (Å²) < 4.78 is 13.4. The maximum atomic E-state index is 13.4. The van der Waals surface area contributed by atoms with Gasteiger partial charge in [-0.05, 0) is 19.1 Å². The van der Waals surface area contributed by atoms with Gasteiger partial charge in [-0.25, -0.2) is 9.37 Å². The van der Waals surface area contributed by atoms with Gasteiger partial charge in [-0.3, -0.25) is 9.78 Å². The summed E-state index contributed by atoms with van der Waals surface area (Å²) in [4.78, 5) is 19.7. The molecule has 0 aliphatic carbocycles. The minimum absolute atomic E-state index is 0.0443. The van der Waals surface area contributed by atoms with E-state index in [1.807, 2.05) is 6.92 Å². The number of carbonyl (C=O) groups excluding carboxylic acids is 1. The molecule has 104 valence electrons. The summed E-state index contributed by atoms with van der Waals surface area (Å²) in [7, 11) is 0. The SMILES string of the molecule is CCNc1cc(C(=O)Nc2ccncc2F)c(Cl)cn1. The summed E-state index contributed by atoms with van der Waals surface area (Å²) in [6.07, 6.45) is 3.78. The third-order valence-corrected chi connectivity index (χ3v) is 2.78. The molecule has 0 aliphatic rings. The molecule has 1 amide bonds. The Morgan fingerprint density at radius 3 is 2.95 bits per heavy atom. The van der Waals surface area contributed by atoms with Gasteiger partial charge >= 0.3 is 0 Å². The van der Waals surface area contributed by atoms with Crippen molar-refractivity contribution in [3.05, 3.63) is 47.1 Å². The predicted octanol–water partition coefficient (Wildman–Crippen LogP) is 2.95. The Morgan fingerprint density at radius 2 is 2.25 bits per heavy atom. The van der Waals surface area contributed by atoms with Crippen molar-refractivity contribution in [1.29, 1.82) is 0 Å². The summed E-state index contributed by atoms with van der Waals surface area (Å²) in [5, 5.41) is 5.61. The van der Waals surface area contributed by atoms with Crippen LogP contribution in [0.1, 0.15) is 17.3 Å². The number of nitrogens with one attached hydrogen (secondary N) is 2. The fourth-order valence-electron chi connectivity index (χ4n) is 1.56. The fraction of sp³-hybridized carbons (Fsp3) is 0.154. The molecule has 0 saturated heterocycles. The molecule has 0 spiro atoms. The molecule has 0 atom stereocenters. The Bertz CT molecular complexity index is 636. The molecule has 2 N–H and O–H groups in total. The molecule has 0 bridgehead atoms. The zero-order valence-electron chi connectivity index (χ0n) is 10.7. The Hall–Kier alpha value is -2.21. The Morgan fingerprint density at radius 1 is 1.45 bits per heavy atom. The topological polar surface area (TPSA) is 66.9 Å². The number of anilines is 2. The van der Waals surface area contributed by atoms with Crippen LogP contribution in [0.5, 0.6) is 0 Å². The number of aromatic nitrogens is 2. The quantitative estimate of drug-likeness (QED) is 0.910. The Labute approximate surface area is 120 Å². The molecular formula is C13H12ClFN4O. The van der Waals surface area contributed by atoms with Crippen LogP contribution < -0.4 is 10.6 Å². The normalized spacial score (nSPS) is 10.2. The molecule has 5 nitrogen and oxygen atoms in total. The van der Waals surface area contributed by atoms with Crippen LogP contribution in [0.3, 0.4) is 0 Å². The average Bonchev–Trinajstić information content (AvgIpc) is 2.43. The van der Waals surface area contributed by atoms with Crippen LogP contribution in [0.25, 0.3) is 0 Å². The van der Waals surface area contributed by atoms with E-state index < -0.39 is 11.7 Å². The highest BCUT2D eigenvalue weighted by Gasteiger charge is 2.14. The minimum Gasteiger partial charge on any atom is -0.370 e. The van der Waals surface area contributed by atoms with Crippen LogP contribution in [-0.2, 0) is 0 Å². The molecule has 2 heterocycles. The van der Waals surface area contributed by atoms with Crippen LogP contribution in [0.4, 0.5) is 15.9 Å². The van der Waals surface area contributed by atoms with E-state index >= 15 is 0 Å². The molecule has 0 radical (unpaired) electrons. The molecule has 20 heavy (non-hydrogen) atoms. The number of pyridine rings is 2. The van der Waals surface area contributed by atoms with E-state index in [-0.39, 0.29) is 16.3 Å². The van der Waals surface area contributed by atoms with Crippen molar-refractivity contribution in [2.24, 2.45) is 0 Å². The van der Waals surface area contributed by atoms with Crippen LogP contribution >= 0.6 is 11.6 Å². The molecular weight excluding hydrogens is 283 g/mol. The number of amides is 1. The molecule has 0 aromatic carbocycles. The first-order valence-corrected chi connectivity index (χ1v) is 6.30. The van der Waals surface area contributed by atoms with Gasteiger partial charge in [0.1, 0.15) is 5.82 Å². The van der Waals surface area contributed by atoms with Gasteiger partial charge in [0.15, 0.2) is 5.82 Å². The predicted molar refractivity (Wildman–Crippen MR) is 75.6 cm³/mol. The second-order valence-electron chi connectivity index (χ2n) is 3.89.